The van der Waals surface area contributed by atoms with E-state index >= 15 is 0 Å². The van der Waals surface area contributed by atoms with Crippen LogP contribution < -0.4 is 14.8 Å². The summed E-state index contributed by atoms with van der Waals surface area (Å²) in [6.45, 7) is 0. The third-order valence-electron chi connectivity index (χ3n) is 4.60. The van der Waals surface area contributed by atoms with Crippen LogP contribution in [0.5, 0.6) is 11.5 Å². The summed E-state index contributed by atoms with van der Waals surface area (Å²) in [7, 11) is 4.14. The number of rotatable bonds is 8. The molecule has 0 unspecified atom stereocenters. The molecular formula is C23H22FNO6. The number of benzene rings is 2. The van der Waals surface area contributed by atoms with E-state index in [0.29, 0.717) is 35.0 Å². The molecule has 3 aromatic rings. The van der Waals surface area contributed by atoms with E-state index in [1.165, 1.54) is 39.5 Å². The Morgan fingerprint density at radius 2 is 1.71 bits per heavy atom. The van der Waals surface area contributed by atoms with Crippen LogP contribution in [0.15, 0.2) is 52.9 Å². The Labute approximate surface area is 178 Å². The van der Waals surface area contributed by atoms with Crippen LogP contribution in [0, 0.1) is 5.82 Å². The molecular weight excluding hydrogens is 405 g/mol. The van der Waals surface area contributed by atoms with Crippen molar-refractivity contribution in [3.63, 3.8) is 0 Å². The summed E-state index contributed by atoms with van der Waals surface area (Å²) in [4.78, 5) is 24.6. The smallest absolute Gasteiger partial charge is 0.340 e. The molecule has 1 heterocycles. The van der Waals surface area contributed by atoms with Crippen molar-refractivity contribution in [2.45, 2.75) is 12.8 Å². The fraction of sp³-hybridized carbons (Fsp3) is 0.217. The average molecular weight is 427 g/mol. The summed E-state index contributed by atoms with van der Waals surface area (Å²) in [5.74, 6) is 0.251. The van der Waals surface area contributed by atoms with Crippen LogP contribution in [0.4, 0.5) is 10.1 Å². The van der Waals surface area contributed by atoms with Crippen molar-refractivity contribution in [1.82, 2.24) is 0 Å². The lowest BCUT2D eigenvalue weighted by molar-refractivity contribution is -0.116. The fourth-order valence-electron chi connectivity index (χ4n) is 3.03. The van der Waals surface area contributed by atoms with E-state index in [2.05, 4.69) is 5.32 Å². The van der Waals surface area contributed by atoms with Gasteiger partial charge in [-0.25, -0.2) is 9.18 Å². The Balaban J connectivity index is 1.71. The Morgan fingerprint density at radius 3 is 2.39 bits per heavy atom. The van der Waals surface area contributed by atoms with Gasteiger partial charge in [-0.3, -0.25) is 4.79 Å². The zero-order chi connectivity index (χ0) is 22.4. The number of esters is 1. The van der Waals surface area contributed by atoms with Crippen molar-refractivity contribution in [1.29, 1.82) is 0 Å². The molecule has 7 nitrogen and oxygen atoms in total. The van der Waals surface area contributed by atoms with Crippen molar-refractivity contribution in [2.24, 2.45) is 0 Å². The Kier molecular flexibility index (Phi) is 6.92. The zero-order valence-electron chi connectivity index (χ0n) is 17.4. The molecule has 0 atom stereocenters. The van der Waals surface area contributed by atoms with Crippen LogP contribution >= 0.6 is 0 Å². The summed E-state index contributed by atoms with van der Waals surface area (Å²) >= 11 is 0. The van der Waals surface area contributed by atoms with Crippen molar-refractivity contribution in [3.8, 4) is 22.8 Å². The molecule has 2 aromatic carbocycles. The highest BCUT2D eigenvalue weighted by Crippen LogP contribution is 2.34. The van der Waals surface area contributed by atoms with Gasteiger partial charge in [-0.05, 0) is 24.3 Å². The molecule has 3 rings (SSSR count). The topological polar surface area (TPSA) is 87.0 Å². The number of amides is 1. The highest BCUT2D eigenvalue weighted by atomic mass is 19.1. The predicted molar refractivity (Wildman–Crippen MR) is 112 cm³/mol. The van der Waals surface area contributed by atoms with Crippen LogP contribution in [0.25, 0.3) is 11.3 Å². The predicted octanol–water partition coefficient (Wildman–Crippen LogP) is 4.46. The van der Waals surface area contributed by atoms with Gasteiger partial charge in [0.05, 0.1) is 38.1 Å². The van der Waals surface area contributed by atoms with E-state index in [9.17, 15) is 14.0 Å². The number of aryl methyl sites for hydroxylation is 1. The summed E-state index contributed by atoms with van der Waals surface area (Å²) < 4.78 is 34.8. The second-order valence-electron chi connectivity index (χ2n) is 6.54. The third kappa shape index (κ3) is 5.03. The largest absolute Gasteiger partial charge is 0.493 e. The van der Waals surface area contributed by atoms with E-state index in [1.54, 1.807) is 30.3 Å². The lowest BCUT2D eigenvalue weighted by Crippen LogP contribution is -2.16. The van der Waals surface area contributed by atoms with Crippen LogP contribution in [0.3, 0.4) is 0 Å². The lowest BCUT2D eigenvalue weighted by Gasteiger charge is -2.14. The minimum absolute atomic E-state index is 0.0825. The number of hydrogen-bond acceptors (Lipinski definition) is 6. The molecule has 0 saturated heterocycles. The van der Waals surface area contributed by atoms with E-state index in [1.807, 2.05) is 0 Å². The number of carbonyl (C=O) groups is 2. The zero-order valence-corrected chi connectivity index (χ0v) is 17.4. The highest BCUT2D eigenvalue weighted by Gasteiger charge is 2.19. The molecule has 1 aromatic heterocycles. The van der Waals surface area contributed by atoms with Crippen molar-refractivity contribution in [2.75, 3.05) is 26.6 Å². The van der Waals surface area contributed by atoms with E-state index in [-0.39, 0.29) is 29.4 Å². The van der Waals surface area contributed by atoms with Gasteiger partial charge >= 0.3 is 5.97 Å². The van der Waals surface area contributed by atoms with E-state index in [4.69, 9.17) is 18.6 Å². The lowest BCUT2D eigenvalue weighted by atomic mass is 10.1. The number of hydrogen-bond donors (Lipinski definition) is 1. The number of methoxy groups -OCH3 is 3. The van der Waals surface area contributed by atoms with Crippen LogP contribution in [0.1, 0.15) is 22.5 Å². The average Bonchev–Trinajstić information content (AvgIpc) is 3.26. The van der Waals surface area contributed by atoms with Crippen LogP contribution in [-0.4, -0.2) is 33.2 Å². The normalized spacial score (nSPS) is 10.5. The van der Waals surface area contributed by atoms with Gasteiger partial charge in [-0.15, -0.1) is 0 Å². The number of ether oxygens (including phenoxy) is 3. The molecule has 0 aliphatic heterocycles. The molecule has 162 valence electrons. The minimum Gasteiger partial charge on any atom is -0.493 e. The van der Waals surface area contributed by atoms with Crippen LogP contribution in [-0.2, 0) is 16.0 Å². The second kappa shape index (κ2) is 9.80. The molecule has 0 aliphatic carbocycles. The van der Waals surface area contributed by atoms with Crippen molar-refractivity contribution < 1.29 is 32.6 Å². The maximum atomic E-state index is 13.9. The SMILES string of the molecule is COC(=O)c1cc(OC)c(OC)cc1NC(=O)CCc1ccc(-c2ccccc2F)o1. The monoisotopic (exact) mass is 427 g/mol. The molecule has 0 aliphatic rings. The third-order valence-corrected chi connectivity index (χ3v) is 4.60. The van der Waals surface area contributed by atoms with Gasteiger partial charge in [0.1, 0.15) is 17.3 Å². The fourth-order valence-corrected chi connectivity index (χ4v) is 3.03. The molecule has 1 N–H and O–H groups in total. The van der Waals surface area contributed by atoms with Gasteiger partial charge < -0.3 is 23.9 Å². The number of halogens is 1. The van der Waals surface area contributed by atoms with Gasteiger partial charge in [0, 0.05) is 25.0 Å². The van der Waals surface area contributed by atoms with Gasteiger partial charge in [0.15, 0.2) is 11.5 Å². The van der Waals surface area contributed by atoms with Crippen molar-refractivity contribution >= 4 is 17.6 Å². The van der Waals surface area contributed by atoms with Crippen LogP contribution in [0.2, 0.25) is 0 Å². The summed E-state index contributed by atoms with van der Waals surface area (Å²) in [5.41, 5.74) is 0.723. The molecule has 31 heavy (non-hydrogen) atoms. The van der Waals surface area contributed by atoms with Gasteiger partial charge in [-0.2, -0.15) is 0 Å². The molecule has 0 saturated carbocycles. The first-order valence-corrected chi connectivity index (χ1v) is 9.44. The molecule has 8 heteroatoms. The van der Waals surface area contributed by atoms with E-state index in [0.717, 1.165) is 0 Å². The maximum Gasteiger partial charge on any atom is 0.340 e. The summed E-state index contributed by atoms with van der Waals surface area (Å²) in [6, 6.07) is 12.6. The standard InChI is InChI=1S/C23H22FNO6/c1-28-20-12-16(23(27)30-3)18(13-21(20)29-2)25-22(26)11-9-14-8-10-19(31-14)15-6-4-5-7-17(15)24/h4-8,10,12-13H,9,11H2,1-3H3,(H,25,26). The quantitative estimate of drug-likeness (QED) is 0.534. The molecule has 0 radical (unpaired) electrons. The summed E-state index contributed by atoms with van der Waals surface area (Å²) in [6.07, 6.45) is 0.375. The van der Waals surface area contributed by atoms with Gasteiger partial charge in [-0.1, -0.05) is 12.1 Å². The molecule has 1 amide bonds. The molecule has 0 spiro atoms. The Hall–Kier alpha value is -3.81. The maximum absolute atomic E-state index is 13.9. The minimum atomic E-state index is -0.628. The van der Waals surface area contributed by atoms with Crippen molar-refractivity contribution in [3.05, 3.63) is 65.7 Å². The number of anilines is 1. The molecule has 0 fully saturated rings. The molecule has 0 bridgehead atoms. The van der Waals surface area contributed by atoms with E-state index < -0.39 is 5.97 Å². The second-order valence-corrected chi connectivity index (χ2v) is 6.54. The number of furan rings is 1. The number of carbonyl (C=O) groups excluding carboxylic acids is 2. The first-order chi connectivity index (χ1) is 15.0. The first kappa shape index (κ1) is 21.9. The Morgan fingerprint density at radius 1 is 1.00 bits per heavy atom. The summed E-state index contributed by atoms with van der Waals surface area (Å²) in [5, 5.41) is 2.69. The van der Waals surface area contributed by atoms with Gasteiger partial charge in [0.25, 0.3) is 0 Å². The Bertz CT molecular complexity index is 1090. The van der Waals surface area contributed by atoms with Gasteiger partial charge in [0.2, 0.25) is 5.91 Å². The highest BCUT2D eigenvalue weighted by molar-refractivity contribution is 6.02. The first-order valence-electron chi connectivity index (χ1n) is 9.44. The number of nitrogens with one attached hydrogen (secondary N) is 1.